The second-order valence-electron chi connectivity index (χ2n) is 6.67. The molecule has 0 atom stereocenters. The Morgan fingerprint density at radius 2 is 2.04 bits per heavy atom. The van der Waals surface area contributed by atoms with Crippen LogP contribution in [0.4, 0.5) is 5.69 Å². The highest BCUT2D eigenvalue weighted by Gasteiger charge is 2.14. The minimum absolute atomic E-state index is 0.653. The molecule has 2 heterocycles. The first-order chi connectivity index (χ1) is 13.8. The lowest BCUT2D eigenvalue weighted by atomic mass is 10.1. The molecule has 1 aliphatic heterocycles. The van der Waals surface area contributed by atoms with Gasteiger partial charge in [0.1, 0.15) is 0 Å². The summed E-state index contributed by atoms with van der Waals surface area (Å²) in [7, 11) is 0. The fourth-order valence-corrected chi connectivity index (χ4v) is 4.04. The Hall–Kier alpha value is -2.12. The first-order valence-electron chi connectivity index (χ1n) is 10.2. The molecule has 6 nitrogen and oxygen atoms in total. The van der Waals surface area contributed by atoms with E-state index >= 15 is 0 Å². The second-order valence-corrected chi connectivity index (χ2v) is 7.87. The number of para-hydroxylation sites is 1. The molecule has 0 unspecified atom stereocenters. The number of benzene rings is 1. The third kappa shape index (κ3) is 5.94. The van der Waals surface area contributed by atoms with Crippen LogP contribution in [-0.2, 0) is 24.1 Å². The minimum atomic E-state index is 0.653. The van der Waals surface area contributed by atoms with Gasteiger partial charge in [-0.15, -0.1) is 11.3 Å². The van der Waals surface area contributed by atoms with Crippen molar-refractivity contribution in [1.29, 1.82) is 0 Å². The number of thiazole rings is 1. The van der Waals surface area contributed by atoms with E-state index in [-0.39, 0.29) is 0 Å². The average molecular weight is 402 g/mol. The quantitative estimate of drug-likeness (QED) is 0.526. The van der Waals surface area contributed by atoms with Crippen molar-refractivity contribution in [2.24, 2.45) is 4.99 Å². The van der Waals surface area contributed by atoms with Crippen molar-refractivity contribution in [2.75, 3.05) is 44.3 Å². The van der Waals surface area contributed by atoms with Crippen LogP contribution in [0.2, 0.25) is 0 Å². The number of nitrogens with zero attached hydrogens (tertiary/aromatic N) is 3. The fourth-order valence-electron chi connectivity index (χ4n) is 3.18. The smallest absolute Gasteiger partial charge is 0.191 e. The molecule has 3 rings (SSSR count). The standard InChI is InChI=1S/C21H31N5OS/c1-3-18-16-24-20(28-18)9-10-23-21(22-4-2)25-15-17-7-5-6-8-19(17)26-11-13-27-14-12-26/h5-8,16H,3-4,9-15H2,1-2H3,(H2,22,23,25). The number of aryl methyl sites for hydroxylation is 1. The van der Waals surface area contributed by atoms with Gasteiger partial charge < -0.3 is 20.3 Å². The zero-order valence-electron chi connectivity index (χ0n) is 16.9. The van der Waals surface area contributed by atoms with E-state index in [0.29, 0.717) is 6.54 Å². The van der Waals surface area contributed by atoms with Gasteiger partial charge in [0.25, 0.3) is 0 Å². The summed E-state index contributed by atoms with van der Waals surface area (Å²) in [6.45, 7) is 10.0. The highest BCUT2D eigenvalue weighted by Crippen LogP contribution is 2.22. The van der Waals surface area contributed by atoms with Crippen LogP contribution in [0.15, 0.2) is 35.5 Å². The molecular weight excluding hydrogens is 370 g/mol. The van der Waals surface area contributed by atoms with Crippen molar-refractivity contribution < 1.29 is 4.74 Å². The summed E-state index contributed by atoms with van der Waals surface area (Å²) in [5, 5.41) is 7.96. The molecule has 0 bridgehead atoms. The van der Waals surface area contributed by atoms with E-state index in [4.69, 9.17) is 9.73 Å². The van der Waals surface area contributed by atoms with E-state index in [0.717, 1.165) is 58.2 Å². The first kappa shape index (κ1) is 20.6. The van der Waals surface area contributed by atoms with Crippen LogP contribution >= 0.6 is 11.3 Å². The molecule has 0 amide bonds. The largest absolute Gasteiger partial charge is 0.378 e. The number of hydrogen-bond acceptors (Lipinski definition) is 5. The fraction of sp³-hybridized carbons (Fsp3) is 0.524. The maximum absolute atomic E-state index is 5.49. The van der Waals surface area contributed by atoms with Crippen molar-refractivity contribution >= 4 is 23.0 Å². The van der Waals surface area contributed by atoms with Gasteiger partial charge in [-0.1, -0.05) is 25.1 Å². The van der Waals surface area contributed by atoms with Crippen LogP contribution in [0.1, 0.15) is 29.3 Å². The predicted molar refractivity (Wildman–Crippen MR) is 117 cm³/mol. The summed E-state index contributed by atoms with van der Waals surface area (Å²) in [5.74, 6) is 0.853. The number of guanidine groups is 1. The topological polar surface area (TPSA) is 61.8 Å². The van der Waals surface area contributed by atoms with Crippen molar-refractivity contribution in [3.63, 3.8) is 0 Å². The zero-order chi connectivity index (χ0) is 19.6. The molecule has 0 spiro atoms. The molecule has 2 aromatic rings. The molecule has 1 aromatic carbocycles. The summed E-state index contributed by atoms with van der Waals surface area (Å²) in [6.07, 6.45) is 3.96. The molecule has 7 heteroatoms. The Bertz CT molecular complexity index is 755. The van der Waals surface area contributed by atoms with E-state index in [2.05, 4.69) is 58.6 Å². The summed E-state index contributed by atoms with van der Waals surface area (Å²) in [5.41, 5.74) is 2.51. The SMILES string of the molecule is CCNC(=NCc1ccccc1N1CCOCC1)NCCc1ncc(CC)s1. The minimum Gasteiger partial charge on any atom is -0.378 e. The van der Waals surface area contributed by atoms with Crippen LogP contribution in [0, 0.1) is 0 Å². The molecule has 1 saturated heterocycles. The number of ether oxygens (including phenoxy) is 1. The van der Waals surface area contributed by atoms with Crippen LogP contribution < -0.4 is 15.5 Å². The van der Waals surface area contributed by atoms with Crippen molar-refractivity contribution in [1.82, 2.24) is 15.6 Å². The van der Waals surface area contributed by atoms with Gasteiger partial charge in [0, 0.05) is 49.4 Å². The lowest BCUT2D eigenvalue weighted by molar-refractivity contribution is 0.122. The Morgan fingerprint density at radius 1 is 1.21 bits per heavy atom. The molecule has 1 fully saturated rings. The number of nitrogens with one attached hydrogen (secondary N) is 2. The number of rotatable bonds is 8. The number of morpholine rings is 1. The van der Waals surface area contributed by atoms with Gasteiger partial charge in [-0.25, -0.2) is 9.98 Å². The van der Waals surface area contributed by atoms with Gasteiger partial charge in [0.15, 0.2) is 5.96 Å². The van der Waals surface area contributed by atoms with Gasteiger partial charge >= 0.3 is 0 Å². The Labute approximate surface area is 172 Å². The predicted octanol–water partition coefficient (Wildman–Crippen LogP) is 2.84. The monoisotopic (exact) mass is 401 g/mol. The number of aliphatic imine (C=N–C) groups is 1. The summed E-state index contributed by atoms with van der Waals surface area (Å²) < 4.78 is 5.49. The summed E-state index contributed by atoms with van der Waals surface area (Å²) in [4.78, 5) is 13.0. The summed E-state index contributed by atoms with van der Waals surface area (Å²) in [6, 6.07) is 8.53. The Balaban J connectivity index is 1.59. The van der Waals surface area contributed by atoms with Crippen molar-refractivity contribution in [3.05, 3.63) is 45.9 Å². The van der Waals surface area contributed by atoms with Gasteiger partial charge in [0.2, 0.25) is 0 Å². The number of hydrogen-bond donors (Lipinski definition) is 2. The van der Waals surface area contributed by atoms with E-state index < -0.39 is 0 Å². The highest BCUT2D eigenvalue weighted by molar-refractivity contribution is 7.11. The maximum atomic E-state index is 5.49. The number of anilines is 1. The van der Waals surface area contributed by atoms with E-state index in [1.165, 1.54) is 21.1 Å². The van der Waals surface area contributed by atoms with Gasteiger partial charge in [-0.3, -0.25) is 0 Å². The molecule has 1 aliphatic rings. The number of aromatic nitrogens is 1. The normalized spacial score (nSPS) is 14.9. The third-order valence-corrected chi connectivity index (χ3v) is 5.88. The molecule has 152 valence electrons. The average Bonchev–Trinajstić information content (AvgIpc) is 3.21. The first-order valence-corrected chi connectivity index (χ1v) is 11.0. The maximum Gasteiger partial charge on any atom is 0.191 e. The van der Waals surface area contributed by atoms with Crippen molar-refractivity contribution in [3.8, 4) is 0 Å². The lowest BCUT2D eigenvalue weighted by Crippen LogP contribution is -2.38. The van der Waals surface area contributed by atoms with E-state index in [1.54, 1.807) is 11.3 Å². The summed E-state index contributed by atoms with van der Waals surface area (Å²) >= 11 is 1.80. The molecule has 28 heavy (non-hydrogen) atoms. The van der Waals surface area contributed by atoms with Crippen LogP contribution in [-0.4, -0.2) is 50.3 Å². The van der Waals surface area contributed by atoms with E-state index in [1.807, 2.05) is 6.20 Å². The second kappa shape index (κ2) is 11.0. The lowest BCUT2D eigenvalue weighted by Gasteiger charge is -2.30. The molecule has 0 radical (unpaired) electrons. The molecule has 2 N–H and O–H groups in total. The Kier molecular flexibility index (Phi) is 8.11. The molecule has 0 aliphatic carbocycles. The molecular formula is C21H31N5OS. The van der Waals surface area contributed by atoms with Crippen LogP contribution in [0.5, 0.6) is 0 Å². The highest BCUT2D eigenvalue weighted by atomic mass is 32.1. The van der Waals surface area contributed by atoms with Crippen LogP contribution in [0.25, 0.3) is 0 Å². The van der Waals surface area contributed by atoms with E-state index in [9.17, 15) is 0 Å². The van der Waals surface area contributed by atoms with Gasteiger partial charge in [0.05, 0.1) is 24.8 Å². The van der Waals surface area contributed by atoms with Gasteiger partial charge in [-0.2, -0.15) is 0 Å². The molecule has 0 saturated carbocycles. The third-order valence-electron chi connectivity index (χ3n) is 4.68. The van der Waals surface area contributed by atoms with Crippen molar-refractivity contribution in [2.45, 2.75) is 33.2 Å². The molecule has 1 aromatic heterocycles. The zero-order valence-corrected chi connectivity index (χ0v) is 17.7. The van der Waals surface area contributed by atoms with Gasteiger partial charge in [-0.05, 0) is 25.0 Å². The Morgan fingerprint density at radius 3 is 2.79 bits per heavy atom. The van der Waals surface area contributed by atoms with Crippen LogP contribution in [0.3, 0.4) is 0 Å².